The highest BCUT2D eigenvalue weighted by molar-refractivity contribution is 5.57. The second kappa shape index (κ2) is 6.75. The average Bonchev–Trinajstić information content (AvgIpc) is 3.26. The summed E-state index contributed by atoms with van der Waals surface area (Å²) in [5.74, 6) is 0.374. The number of aryl methyl sites for hydroxylation is 3. The maximum Gasteiger partial charge on any atom is 0.244 e. The van der Waals surface area contributed by atoms with Crippen LogP contribution in [-0.2, 0) is 6.54 Å². The lowest BCUT2D eigenvalue weighted by atomic mass is 9.81. The molecular weight excluding hydrogens is 338 g/mol. The van der Waals surface area contributed by atoms with Gasteiger partial charge in [0.2, 0.25) is 11.8 Å². The molecule has 2 aromatic rings. The van der Waals surface area contributed by atoms with Crippen LogP contribution in [0.15, 0.2) is 23.6 Å². The van der Waals surface area contributed by atoms with E-state index in [9.17, 15) is 5.26 Å². The first-order valence-electron chi connectivity index (χ1n) is 9.55. The van der Waals surface area contributed by atoms with E-state index in [1.807, 2.05) is 6.92 Å². The molecule has 0 aliphatic carbocycles. The second-order valence-electron chi connectivity index (χ2n) is 7.76. The molecule has 3 heterocycles. The van der Waals surface area contributed by atoms with Gasteiger partial charge in [-0.25, -0.2) is 0 Å². The number of benzene rings is 1. The molecule has 27 heavy (non-hydrogen) atoms. The van der Waals surface area contributed by atoms with Gasteiger partial charge in [0.1, 0.15) is 18.2 Å². The molecule has 140 valence electrons. The first kappa shape index (κ1) is 17.6. The highest BCUT2D eigenvalue weighted by Crippen LogP contribution is 2.43. The van der Waals surface area contributed by atoms with Crippen LogP contribution in [0, 0.1) is 32.1 Å². The maximum absolute atomic E-state index is 9.79. The maximum atomic E-state index is 9.79. The van der Waals surface area contributed by atoms with Gasteiger partial charge in [-0.3, -0.25) is 5.10 Å². The van der Waals surface area contributed by atoms with Gasteiger partial charge in [-0.15, -0.1) is 5.10 Å². The lowest BCUT2D eigenvalue weighted by Gasteiger charge is -2.26. The third-order valence-electron chi connectivity index (χ3n) is 5.92. The molecule has 1 fully saturated rings. The van der Waals surface area contributed by atoms with Gasteiger partial charge in [-0.2, -0.15) is 5.26 Å². The van der Waals surface area contributed by atoms with Gasteiger partial charge >= 0.3 is 0 Å². The number of rotatable bonds is 3. The Morgan fingerprint density at radius 1 is 1.26 bits per heavy atom. The summed E-state index contributed by atoms with van der Waals surface area (Å²) in [5.41, 5.74) is 13.3. The topological polar surface area (TPSA) is 92.2 Å². The van der Waals surface area contributed by atoms with Crippen LogP contribution < -0.4 is 15.4 Å². The molecule has 0 bridgehead atoms. The minimum absolute atomic E-state index is 0.146. The second-order valence-corrected chi connectivity index (χ2v) is 7.76. The first-order chi connectivity index (χ1) is 13.0. The number of likely N-dealkylation sites (tertiary alicyclic amines) is 1. The Bertz CT molecular complexity index is 960. The van der Waals surface area contributed by atoms with Crippen molar-refractivity contribution in [2.45, 2.75) is 46.1 Å². The smallest absolute Gasteiger partial charge is 0.244 e. The molecule has 0 saturated carbocycles. The number of nitrogens with zero attached hydrogens (tertiary/aromatic N) is 2. The molecule has 1 aromatic carbocycles. The van der Waals surface area contributed by atoms with E-state index in [-0.39, 0.29) is 11.8 Å². The van der Waals surface area contributed by atoms with E-state index in [0.717, 1.165) is 28.9 Å². The summed E-state index contributed by atoms with van der Waals surface area (Å²) in [7, 11) is 0. The van der Waals surface area contributed by atoms with Crippen molar-refractivity contribution in [3.63, 3.8) is 0 Å². The Hall–Kier alpha value is -2.78. The predicted octanol–water partition coefficient (Wildman–Crippen LogP) is 1.73. The van der Waals surface area contributed by atoms with Gasteiger partial charge < -0.3 is 15.4 Å². The van der Waals surface area contributed by atoms with E-state index in [0.29, 0.717) is 11.5 Å². The summed E-state index contributed by atoms with van der Waals surface area (Å²) >= 11 is 0. The Morgan fingerprint density at radius 3 is 2.70 bits per heavy atom. The normalized spacial score (nSPS) is 19.7. The highest BCUT2D eigenvalue weighted by atomic mass is 16.5. The van der Waals surface area contributed by atoms with Gasteiger partial charge in [0.05, 0.1) is 19.0 Å². The van der Waals surface area contributed by atoms with E-state index in [4.69, 9.17) is 10.5 Å². The summed E-state index contributed by atoms with van der Waals surface area (Å²) < 4.78 is 5.60. The molecule has 6 nitrogen and oxygen atoms in total. The van der Waals surface area contributed by atoms with Gasteiger partial charge in [0.25, 0.3) is 0 Å². The summed E-state index contributed by atoms with van der Waals surface area (Å²) in [4.78, 5) is 1.63. The number of ether oxygens (including phenoxy) is 1. The minimum Gasteiger partial charge on any atom is -0.420 e. The third kappa shape index (κ3) is 2.98. The molecule has 1 aromatic heterocycles. The fourth-order valence-electron chi connectivity index (χ4n) is 4.45. The number of quaternary nitrogens is 1. The van der Waals surface area contributed by atoms with Crippen molar-refractivity contribution in [1.82, 2.24) is 10.2 Å². The quantitative estimate of drug-likeness (QED) is 0.773. The van der Waals surface area contributed by atoms with Crippen molar-refractivity contribution in [3.8, 4) is 11.9 Å². The molecule has 0 unspecified atom stereocenters. The van der Waals surface area contributed by atoms with E-state index in [1.165, 1.54) is 37.1 Å². The highest BCUT2D eigenvalue weighted by Gasteiger charge is 2.35. The lowest BCUT2D eigenvalue weighted by molar-refractivity contribution is -0.901. The Morgan fingerprint density at radius 2 is 2.00 bits per heavy atom. The molecule has 4 N–H and O–H groups in total. The van der Waals surface area contributed by atoms with Crippen molar-refractivity contribution in [1.29, 1.82) is 5.26 Å². The van der Waals surface area contributed by atoms with Crippen LogP contribution in [0.1, 0.15) is 52.3 Å². The number of aromatic nitrogens is 2. The van der Waals surface area contributed by atoms with Gasteiger partial charge in [-0.1, -0.05) is 6.07 Å². The zero-order chi connectivity index (χ0) is 19.1. The molecule has 0 spiro atoms. The Kier molecular flexibility index (Phi) is 4.40. The number of H-pyrrole nitrogens is 1. The fraction of sp³-hybridized carbons (Fsp3) is 0.429. The first-order valence-corrected chi connectivity index (χ1v) is 9.55. The molecule has 2 aliphatic heterocycles. The summed E-state index contributed by atoms with van der Waals surface area (Å²) in [6, 6.07) is 6.78. The van der Waals surface area contributed by atoms with Gasteiger partial charge in [0, 0.05) is 29.7 Å². The lowest BCUT2D eigenvalue weighted by Crippen LogP contribution is -3.08. The van der Waals surface area contributed by atoms with Gasteiger partial charge in [-0.05, 0) is 43.5 Å². The molecule has 6 heteroatoms. The van der Waals surface area contributed by atoms with Crippen LogP contribution in [-0.4, -0.2) is 23.3 Å². The fourth-order valence-corrected chi connectivity index (χ4v) is 4.45. The number of aromatic amines is 1. The Labute approximate surface area is 159 Å². The number of fused-ring (bicyclic) bond motifs is 1. The van der Waals surface area contributed by atoms with E-state index in [2.05, 4.69) is 42.2 Å². The van der Waals surface area contributed by atoms with Crippen LogP contribution in [0.3, 0.4) is 0 Å². The molecule has 1 saturated heterocycles. The number of allylic oxidation sites excluding steroid dienone is 1. The largest absolute Gasteiger partial charge is 0.420 e. The van der Waals surface area contributed by atoms with Crippen LogP contribution in [0.4, 0.5) is 0 Å². The molecule has 0 amide bonds. The standard InChI is InChI=1S/C21H25N5O/c1-12-8-13(2)16(9-15(12)11-26-6-4-5-7-26)19-17(10-22)20(23)27-21-18(19)14(3)24-25-21/h8-9,19H,4-7,11,23H2,1-3H3,(H,24,25)/p+1/t19-/m0/s1. The third-order valence-corrected chi connectivity index (χ3v) is 5.92. The molecule has 4 rings (SSSR count). The summed E-state index contributed by atoms with van der Waals surface area (Å²) in [6.07, 6.45) is 2.62. The summed E-state index contributed by atoms with van der Waals surface area (Å²) in [5, 5.41) is 17.0. The molecular formula is C21H26N5O+. The van der Waals surface area contributed by atoms with Crippen LogP contribution in [0.5, 0.6) is 5.88 Å². The minimum atomic E-state index is -0.245. The van der Waals surface area contributed by atoms with Crippen LogP contribution >= 0.6 is 0 Å². The van der Waals surface area contributed by atoms with E-state index >= 15 is 0 Å². The zero-order valence-corrected chi connectivity index (χ0v) is 16.1. The van der Waals surface area contributed by atoms with Crippen LogP contribution in [0.25, 0.3) is 0 Å². The Balaban J connectivity index is 1.84. The summed E-state index contributed by atoms with van der Waals surface area (Å²) in [6.45, 7) is 9.74. The van der Waals surface area contributed by atoms with Crippen molar-refractivity contribution >= 4 is 0 Å². The molecule has 2 aliphatic rings. The van der Waals surface area contributed by atoms with Crippen molar-refractivity contribution < 1.29 is 9.64 Å². The van der Waals surface area contributed by atoms with E-state index in [1.54, 1.807) is 4.90 Å². The SMILES string of the molecule is Cc1cc(C)c([C@H]2C(C#N)=C(N)Oc3n[nH]c(C)c32)cc1C[NH+]1CCCC1. The van der Waals surface area contributed by atoms with Gasteiger partial charge in [0.15, 0.2) is 0 Å². The number of hydrogen-bond acceptors (Lipinski definition) is 4. The number of hydrogen-bond donors (Lipinski definition) is 3. The number of nitriles is 1. The van der Waals surface area contributed by atoms with Crippen molar-refractivity contribution in [2.75, 3.05) is 13.1 Å². The predicted molar refractivity (Wildman–Crippen MR) is 102 cm³/mol. The number of nitrogens with two attached hydrogens (primary N) is 1. The monoisotopic (exact) mass is 364 g/mol. The molecule has 0 radical (unpaired) electrons. The van der Waals surface area contributed by atoms with Crippen LogP contribution in [0.2, 0.25) is 0 Å². The zero-order valence-electron chi connectivity index (χ0n) is 16.1. The van der Waals surface area contributed by atoms with E-state index < -0.39 is 0 Å². The number of nitrogens with one attached hydrogen (secondary N) is 2. The molecule has 1 atom stereocenters. The van der Waals surface area contributed by atoms with Crippen molar-refractivity contribution in [3.05, 3.63) is 57.1 Å². The average molecular weight is 364 g/mol. The van der Waals surface area contributed by atoms with Crippen molar-refractivity contribution in [2.24, 2.45) is 5.73 Å².